The van der Waals surface area contributed by atoms with Gasteiger partial charge in [0.2, 0.25) is 0 Å². The zero-order chi connectivity index (χ0) is 15.6. The van der Waals surface area contributed by atoms with Crippen LogP contribution in [0.1, 0.15) is 11.1 Å². The van der Waals surface area contributed by atoms with Crippen molar-refractivity contribution in [2.24, 2.45) is 5.16 Å². The number of oxime groups is 1. The number of anilines is 1. The van der Waals surface area contributed by atoms with Gasteiger partial charge < -0.3 is 10.5 Å². The van der Waals surface area contributed by atoms with Gasteiger partial charge in [0.05, 0.1) is 11.1 Å². The van der Waals surface area contributed by atoms with Crippen molar-refractivity contribution >= 4 is 17.8 Å². The van der Waals surface area contributed by atoms with Crippen LogP contribution in [0.15, 0.2) is 23.4 Å². The monoisotopic (exact) mass is 300 g/mol. The molecule has 0 aliphatic heterocycles. The van der Waals surface area contributed by atoms with Gasteiger partial charge in [0.25, 0.3) is 5.91 Å². The van der Waals surface area contributed by atoms with Gasteiger partial charge in [-0.2, -0.15) is 26.3 Å². The first-order valence-corrected chi connectivity index (χ1v) is 4.82. The molecule has 4 nitrogen and oxygen atoms in total. The molecule has 110 valence electrons. The number of amides is 1. The average Bonchev–Trinajstić information content (AvgIpc) is 2.26. The number of hydrogen-bond acceptors (Lipinski definition) is 3. The summed E-state index contributed by atoms with van der Waals surface area (Å²) in [5.41, 5.74) is -3.86. The van der Waals surface area contributed by atoms with Crippen molar-refractivity contribution in [1.29, 1.82) is 0 Å². The molecule has 1 amide bonds. The molecule has 20 heavy (non-hydrogen) atoms. The topological polar surface area (TPSA) is 61.7 Å². The first kappa shape index (κ1) is 15.8. The van der Waals surface area contributed by atoms with Crippen molar-refractivity contribution in [3.8, 4) is 0 Å². The number of alkyl halides is 6. The number of nitrogens with one attached hydrogen (secondary N) is 1. The predicted molar refractivity (Wildman–Crippen MR) is 55.4 cm³/mol. The summed E-state index contributed by atoms with van der Waals surface area (Å²) in [7, 11) is 0. The van der Waals surface area contributed by atoms with Crippen LogP contribution >= 0.6 is 0 Å². The molecule has 0 saturated heterocycles. The molecule has 1 aromatic rings. The lowest BCUT2D eigenvalue weighted by atomic mass is 10.1. The molecule has 1 aromatic carbocycles. The summed E-state index contributed by atoms with van der Waals surface area (Å²) in [6.07, 6.45) is -9.73. The lowest BCUT2D eigenvalue weighted by Crippen LogP contribution is -2.16. The molecule has 0 aliphatic rings. The Balaban J connectivity index is 3.27. The van der Waals surface area contributed by atoms with E-state index in [9.17, 15) is 31.1 Å². The van der Waals surface area contributed by atoms with Gasteiger partial charge >= 0.3 is 12.4 Å². The fraction of sp³-hybridized carbons (Fsp3) is 0.200. The van der Waals surface area contributed by atoms with Crippen molar-refractivity contribution in [2.75, 3.05) is 5.32 Å². The Hall–Kier alpha value is -2.26. The SMILES string of the molecule is O=C(/C=N/O)Nc1cc(C(F)(F)F)cc(C(F)(F)F)c1. The molecular weight excluding hydrogens is 294 g/mol. The molecule has 0 unspecified atom stereocenters. The van der Waals surface area contributed by atoms with Crippen LogP contribution in [0.4, 0.5) is 32.0 Å². The van der Waals surface area contributed by atoms with Gasteiger partial charge in [-0.05, 0) is 18.2 Å². The highest BCUT2D eigenvalue weighted by Gasteiger charge is 2.37. The number of carbonyl (C=O) groups excluding carboxylic acids is 1. The Morgan fingerprint density at radius 3 is 1.85 bits per heavy atom. The van der Waals surface area contributed by atoms with Crippen LogP contribution in [-0.2, 0) is 17.1 Å². The molecule has 0 aromatic heterocycles. The molecule has 0 spiro atoms. The van der Waals surface area contributed by atoms with Crippen LogP contribution < -0.4 is 5.32 Å². The van der Waals surface area contributed by atoms with Crippen LogP contribution in [0.25, 0.3) is 0 Å². The van der Waals surface area contributed by atoms with Gasteiger partial charge in [-0.25, -0.2) is 0 Å². The highest BCUT2D eigenvalue weighted by atomic mass is 19.4. The van der Waals surface area contributed by atoms with E-state index in [1.54, 1.807) is 5.32 Å². The van der Waals surface area contributed by atoms with E-state index >= 15 is 0 Å². The highest BCUT2D eigenvalue weighted by molar-refractivity contribution is 6.31. The maximum atomic E-state index is 12.5. The summed E-state index contributed by atoms with van der Waals surface area (Å²) in [6, 6.07) is 0.590. The zero-order valence-electron chi connectivity index (χ0n) is 9.38. The number of carbonyl (C=O) groups is 1. The number of hydrogen-bond donors (Lipinski definition) is 2. The maximum absolute atomic E-state index is 12.5. The molecule has 0 aliphatic carbocycles. The summed E-state index contributed by atoms with van der Waals surface area (Å²) < 4.78 is 74.9. The van der Waals surface area contributed by atoms with E-state index in [0.717, 1.165) is 0 Å². The first-order valence-electron chi connectivity index (χ1n) is 4.82. The number of halogens is 6. The van der Waals surface area contributed by atoms with Gasteiger partial charge in [0, 0.05) is 5.69 Å². The lowest BCUT2D eigenvalue weighted by Gasteiger charge is -2.14. The largest absolute Gasteiger partial charge is 0.416 e. The lowest BCUT2D eigenvalue weighted by molar-refractivity contribution is -0.143. The minimum absolute atomic E-state index is 0.0736. The molecule has 2 N–H and O–H groups in total. The smallest absolute Gasteiger partial charge is 0.411 e. The Morgan fingerprint density at radius 2 is 1.50 bits per heavy atom. The number of nitrogens with zero attached hydrogens (tertiary/aromatic N) is 1. The highest BCUT2D eigenvalue weighted by Crippen LogP contribution is 2.37. The molecule has 0 fully saturated rings. The molecule has 0 heterocycles. The van der Waals surface area contributed by atoms with Crippen molar-refractivity contribution in [3.63, 3.8) is 0 Å². The molecule has 10 heteroatoms. The van der Waals surface area contributed by atoms with Gasteiger partial charge in [-0.1, -0.05) is 5.16 Å². The minimum Gasteiger partial charge on any atom is -0.411 e. The van der Waals surface area contributed by atoms with E-state index in [2.05, 4.69) is 5.16 Å². The third-order valence-electron chi connectivity index (χ3n) is 2.03. The summed E-state index contributed by atoms with van der Waals surface area (Å²) in [4.78, 5) is 11.0. The molecule has 0 atom stereocenters. The summed E-state index contributed by atoms with van der Waals surface area (Å²) in [6.45, 7) is 0. The molecule has 0 saturated carbocycles. The van der Waals surface area contributed by atoms with E-state index in [4.69, 9.17) is 5.21 Å². The standard InChI is InChI=1S/C10H6F6N2O2/c11-9(12,13)5-1-6(10(14,15)16)3-7(2-5)18-8(19)4-17-20/h1-4,20H,(H,18,19)/b17-4+. The molecule has 1 rings (SSSR count). The van der Waals surface area contributed by atoms with Crippen LogP contribution in [0.5, 0.6) is 0 Å². The second-order valence-electron chi connectivity index (χ2n) is 3.53. The molecule has 0 bridgehead atoms. The Morgan fingerprint density at radius 1 is 1.05 bits per heavy atom. The fourth-order valence-corrected chi connectivity index (χ4v) is 1.25. The molecular formula is C10H6F6N2O2. The van der Waals surface area contributed by atoms with E-state index in [1.807, 2.05) is 0 Å². The zero-order valence-corrected chi connectivity index (χ0v) is 9.38. The Kier molecular flexibility index (Phi) is 4.26. The number of rotatable bonds is 2. The average molecular weight is 300 g/mol. The van der Waals surface area contributed by atoms with Gasteiger partial charge in [0.1, 0.15) is 6.21 Å². The Bertz CT molecular complexity index is 503. The van der Waals surface area contributed by atoms with E-state index < -0.39 is 35.1 Å². The second-order valence-corrected chi connectivity index (χ2v) is 3.53. The predicted octanol–water partition coefficient (Wildman–Crippen LogP) is 3.12. The van der Waals surface area contributed by atoms with Crippen LogP contribution in [0, 0.1) is 0 Å². The van der Waals surface area contributed by atoms with Crippen molar-refractivity contribution in [3.05, 3.63) is 29.3 Å². The van der Waals surface area contributed by atoms with E-state index in [0.29, 0.717) is 12.1 Å². The van der Waals surface area contributed by atoms with Crippen molar-refractivity contribution < 1.29 is 36.3 Å². The quantitative estimate of drug-likeness (QED) is 0.381. The third kappa shape index (κ3) is 4.14. The van der Waals surface area contributed by atoms with Gasteiger partial charge in [-0.3, -0.25) is 4.79 Å². The summed E-state index contributed by atoms with van der Waals surface area (Å²) in [5, 5.41) is 12.0. The van der Waals surface area contributed by atoms with Gasteiger partial charge in [0.15, 0.2) is 0 Å². The normalized spacial score (nSPS) is 12.7. The molecule has 0 radical (unpaired) electrons. The van der Waals surface area contributed by atoms with Crippen LogP contribution in [0.3, 0.4) is 0 Å². The first-order chi connectivity index (χ1) is 9.04. The second kappa shape index (κ2) is 5.39. The maximum Gasteiger partial charge on any atom is 0.416 e. The number of benzene rings is 1. The van der Waals surface area contributed by atoms with Gasteiger partial charge in [-0.15, -0.1) is 0 Å². The third-order valence-corrected chi connectivity index (χ3v) is 2.03. The fourth-order valence-electron chi connectivity index (χ4n) is 1.25. The van der Waals surface area contributed by atoms with Crippen LogP contribution in [0.2, 0.25) is 0 Å². The van der Waals surface area contributed by atoms with Crippen molar-refractivity contribution in [2.45, 2.75) is 12.4 Å². The van der Waals surface area contributed by atoms with E-state index in [-0.39, 0.29) is 12.3 Å². The van der Waals surface area contributed by atoms with Crippen molar-refractivity contribution in [1.82, 2.24) is 0 Å². The van der Waals surface area contributed by atoms with E-state index in [1.165, 1.54) is 0 Å². The minimum atomic E-state index is -5.01. The Labute approximate surface area is 107 Å². The summed E-state index contributed by atoms with van der Waals surface area (Å²) >= 11 is 0. The van der Waals surface area contributed by atoms with Crippen LogP contribution in [-0.4, -0.2) is 17.3 Å². The summed E-state index contributed by atoms with van der Waals surface area (Å²) in [5.74, 6) is -1.18.